The van der Waals surface area contributed by atoms with Crippen molar-refractivity contribution >= 4 is 0 Å². The Morgan fingerprint density at radius 3 is 2.46 bits per heavy atom. The average Bonchev–Trinajstić information content (AvgIpc) is 1.80. The lowest BCUT2D eigenvalue weighted by Crippen LogP contribution is -2.60. The highest BCUT2D eigenvalue weighted by molar-refractivity contribution is 4.91. The van der Waals surface area contributed by atoms with Gasteiger partial charge in [-0.25, -0.2) is 0 Å². The molecule has 1 aliphatic heterocycles. The maximum absolute atomic E-state index is 3.55. The summed E-state index contributed by atoms with van der Waals surface area (Å²) < 4.78 is 0. The van der Waals surface area contributed by atoms with E-state index >= 15 is 0 Å². The summed E-state index contributed by atoms with van der Waals surface area (Å²) in [5.74, 6) is 0. The molecule has 0 aromatic heterocycles. The molecule has 2 aliphatic rings. The Labute approximate surface area is 80.8 Å². The molecule has 1 aliphatic carbocycles. The molecule has 78 valence electrons. The molecule has 0 aromatic rings. The normalized spacial score (nSPS) is 29.1. The Morgan fingerprint density at radius 2 is 2.00 bits per heavy atom. The van der Waals surface area contributed by atoms with Crippen LogP contribution in [0.25, 0.3) is 0 Å². The molecule has 3 heteroatoms. The fourth-order valence-electron chi connectivity index (χ4n) is 2.24. The molecule has 2 rings (SSSR count). The largest absolute Gasteiger partial charge is 0.412 e. The smallest absolute Gasteiger partial charge is 0.0252 e. The first-order valence-corrected chi connectivity index (χ1v) is 5.16. The van der Waals surface area contributed by atoms with E-state index in [1.54, 1.807) is 0 Å². The zero-order valence-corrected chi connectivity index (χ0v) is 8.77. The fourth-order valence-corrected chi connectivity index (χ4v) is 2.24. The van der Waals surface area contributed by atoms with E-state index in [0.717, 1.165) is 6.04 Å². The molecule has 1 saturated heterocycles. The van der Waals surface area contributed by atoms with Crippen LogP contribution in [0.3, 0.4) is 0 Å². The van der Waals surface area contributed by atoms with Crippen molar-refractivity contribution in [2.45, 2.75) is 44.7 Å². The van der Waals surface area contributed by atoms with Gasteiger partial charge in [-0.05, 0) is 26.7 Å². The molecule has 0 radical (unpaired) electrons. The second-order valence-electron chi connectivity index (χ2n) is 4.87. The lowest BCUT2D eigenvalue weighted by molar-refractivity contribution is 0.0681. The van der Waals surface area contributed by atoms with E-state index < -0.39 is 0 Å². The maximum atomic E-state index is 3.55. The van der Waals surface area contributed by atoms with Gasteiger partial charge in [0.25, 0.3) is 0 Å². The Morgan fingerprint density at radius 1 is 1.31 bits per heavy atom. The molecular weight excluding hydrogens is 164 g/mol. The summed E-state index contributed by atoms with van der Waals surface area (Å²) >= 11 is 0. The average molecular weight is 186 g/mol. The monoisotopic (exact) mass is 186 g/mol. The number of nitrogens with one attached hydrogen (secondary N) is 1. The van der Waals surface area contributed by atoms with Crippen LogP contribution in [0.2, 0.25) is 0 Å². The van der Waals surface area contributed by atoms with Gasteiger partial charge in [-0.1, -0.05) is 6.42 Å². The van der Waals surface area contributed by atoms with E-state index in [9.17, 15) is 0 Å². The second-order valence-corrected chi connectivity index (χ2v) is 4.87. The molecule has 3 nitrogen and oxygen atoms in total. The molecule has 1 heterocycles. The van der Waals surface area contributed by atoms with Crippen molar-refractivity contribution in [2.24, 2.45) is 0 Å². The SMILES string of the molecule is CC1(C)CN(C2CCC2)CCN1.O. The van der Waals surface area contributed by atoms with Gasteiger partial charge in [-0.3, -0.25) is 4.90 Å². The van der Waals surface area contributed by atoms with Crippen molar-refractivity contribution in [3.05, 3.63) is 0 Å². The van der Waals surface area contributed by atoms with E-state index in [-0.39, 0.29) is 5.48 Å². The van der Waals surface area contributed by atoms with E-state index in [2.05, 4.69) is 24.1 Å². The summed E-state index contributed by atoms with van der Waals surface area (Å²) in [6, 6.07) is 0.923. The molecule has 0 atom stereocenters. The summed E-state index contributed by atoms with van der Waals surface area (Å²) in [5.41, 5.74) is 0.341. The van der Waals surface area contributed by atoms with E-state index in [1.807, 2.05) is 0 Å². The standard InChI is InChI=1S/C10H20N2.H2O/c1-10(2)8-12(7-6-11-10)9-4-3-5-9;/h9,11H,3-8H2,1-2H3;1H2. The highest BCUT2D eigenvalue weighted by Gasteiger charge is 2.32. The van der Waals surface area contributed by atoms with Crippen LogP contribution in [-0.2, 0) is 0 Å². The molecule has 0 unspecified atom stereocenters. The summed E-state index contributed by atoms with van der Waals surface area (Å²) in [6.45, 7) is 8.27. The molecule has 0 spiro atoms. The van der Waals surface area contributed by atoms with Gasteiger partial charge >= 0.3 is 0 Å². The highest BCUT2D eigenvalue weighted by Crippen LogP contribution is 2.26. The van der Waals surface area contributed by atoms with Gasteiger partial charge in [-0.2, -0.15) is 0 Å². The predicted molar refractivity (Wildman–Crippen MR) is 54.9 cm³/mol. The first-order valence-electron chi connectivity index (χ1n) is 5.16. The third kappa shape index (κ3) is 2.42. The highest BCUT2D eigenvalue weighted by atomic mass is 16.0. The van der Waals surface area contributed by atoms with E-state index in [0.29, 0.717) is 5.54 Å². The van der Waals surface area contributed by atoms with E-state index in [4.69, 9.17) is 0 Å². The maximum Gasteiger partial charge on any atom is 0.0252 e. The lowest BCUT2D eigenvalue weighted by Gasteiger charge is -2.46. The topological polar surface area (TPSA) is 46.8 Å². The number of hydrogen-bond acceptors (Lipinski definition) is 2. The number of piperazine rings is 1. The van der Waals surface area contributed by atoms with Gasteiger partial charge in [0.1, 0.15) is 0 Å². The van der Waals surface area contributed by atoms with Gasteiger partial charge in [0.05, 0.1) is 0 Å². The van der Waals surface area contributed by atoms with Gasteiger partial charge in [0.15, 0.2) is 0 Å². The van der Waals surface area contributed by atoms with Crippen LogP contribution in [0, 0.1) is 0 Å². The van der Waals surface area contributed by atoms with Crippen LogP contribution in [-0.4, -0.2) is 41.6 Å². The van der Waals surface area contributed by atoms with Crippen LogP contribution in [0.15, 0.2) is 0 Å². The number of rotatable bonds is 1. The van der Waals surface area contributed by atoms with Gasteiger partial charge in [0.2, 0.25) is 0 Å². The molecule has 3 N–H and O–H groups in total. The van der Waals surface area contributed by atoms with Crippen LogP contribution in [0.4, 0.5) is 0 Å². The van der Waals surface area contributed by atoms with Crippen LogP contribution in [0.5, 0.6) is 0 Å². The van der Waals surface area contributed by atoms with Crippen molar-refractivity contribution in [2.75, 3.05) is 19.6 Å². The summed E-state index contributed by atoms with van der Waals surface area (Å²) in [4.78, 5) is 2.67. The third-order valence-electron chi connectivity index (χ3n) is 3.19. The molecule has 2 fully saturated rings. The Balaban J connectivity index is 0.000000845. The van der Waals surface area contributed by atoms with E-state index in [1.165, 1.54) is 38.9 Å². The van der Waals surface area contributed by atoms with Gasteiger partial charge in [0, 0.05) is 31.2 Å². The first kappa shape index (κ1) is 11.0. The molecule has 1 saturated carbocycles. The molecular formula is C10H22N2O. The molecule has 0 bridgehead atoms. The van der Waals surface area contributed by atoms with Crippen molar-refractivity contribution < 1.29 is 5.48 Å². The minimum absolute atomic E-state index is 0. The summed E-state index contributed by atoms with van der Waals surface area (Å²) in [6.07, 6.45) is 4.33. The minimum atomic E-state index is 0. The van der Waals surface area contributed by atoms with Crippen molar-refractivity contribution in [1.29, 1.82) is 0 Å². The number of hydrogen-bond donors (Lipinski definition) is 1. The van der Waals surface area contributed by atoms with Crippen molar-refractivity contribution in [3.63, 3.8) is 0 Å². The minimum Gasteiger partial charge on any atom is -0.412 e. The summed E-state index contributed by atoms with van der Waals surface area (Å²) in [5, 5.41) is 3.55. The first-order chi connectivity index (χ1) is 5.67. The molecule has 0 aromatic carbocycles. The predicted octanol–water partition coefficient (Wildman–Crippen LogP) is 0.398. The fraction of sp³-hybridized carbons (Fsp3) is 1.00. The Kier molecular flexibility index (Phi) is 3.33. The van der Waals surface area contributed by atoms with Crippen LogP contribution < -0.4 is 5.32 Å². The van der Waals surface area contributed by atoms with Crippen molar-refractivity contribution in [3.8, 4) is 0 Å². The van der Waals surface area contributed by atoms with Gasteiger partial charge in [-0.15, -0.1) is 0 Å². The van der Waals surface area contributed by atoms with Crippen molar-refractivity contribution in [1.82, 2.24) is 10.2 Å². The lowest BCUT2D eigenvalue weighted by atomic mass is 9.89. The third-order valence-corrected chi connectivity index (χ3v) is 3.19. The molecule has 0 amide bonds. The molecule has 13 heavy (non-hydrogen) atoms. The van der Waals surface area contributed by atoms with Crippen LogP contribution >= 0.6 is 0 Å². The number of nitrogens with zero attached hydrogens (tertiary/aromatic N) is 1. The van der Waals surface area contributed by atoms with Gasteiger partial charge < -0.3 is 10.8 Å². The van der Waals surface area contributed by atoms with Crippen LogP contribution in [0.1, 0.15) is 33.1 Å². The zero-order valence-electron chi connectivity index (χ0n) is 8.77. The Hall–Kier alpha value is -0.120. The summed E-state index contributed by atoms with van der Waals surface area (Å²) in [7, 11) is 0. The zero-order chi connectivity index (χ0) is 8.60. The second kappa shape index (κ2) is 3.95. The Bertz CT molecular complexity index is 166. The quantitative estimate of drug-likeness (QED) is 0.644.